The third-order valence-electron chi connectivity index (χ3n) is 15.9. The van der Waals surface area contributed by atoms with Crippen LogP contribution in [0.2, 0.25) is 0 Å². The number of anilines is 2. The van der Waals surface area contributed by atoms with Crippen molar-refractivity contribution >= 4 is 57.5 Å². The zero-order chi connectivity index (χ0) is 48.2. The molecule has 9 rings (SSSR count). The van der Waals surface area contributed by atoms with Crippen LogP contribution in [-0.4, -0.2) is 104 Å². The van der Waals surface area contributed by atoms with Crippen LogP contribution in [0.1, 0.15) is 102 Å². The van der Waals surface area contributed by atoms with Gasteiger partial charge < -0.3 is 20.4 Å². The van der Waals surface area contributed by atoms with Crippen molar-refractivity contribution in [1.29, 1.82) is 0 Å². The highest BCUT2D eigenvalue weighted by atomic mass is 79.9. The van der Waals surface area contributed by atoms with Crippen molar-refractivity contribution in [3.63, 3.8) is 0 Å². The Bertz CT molecular complexity index is 2440. The van der Waals surface area contributed by atoms with Gasteiger partial charge in [-0.15, -0.1) is 0 Å². The first-order chi connectivity index (χ1) is 31.7. The van der Waals surface area contributed by atoms with Gasteiger partial charge in [-0.05, 0) is 147 Å². The molecular weight excluding hydrogens is 977 g/mol. The van der Waals surface area contributed by atoms with Crippen molar-refractivity contribution in [3.05, 3.63) is 88.4 Å². The topological polar surface area (TPSA) is 191 Å². The predicted octanol–water partition coefficient (Wildman–Crippen LogP) is 7.86. The minimum atomic E-state index is -3.74. The molecule has 372 valence electrons. The van der Waals surface area contributed by atoms with Crippen LogP contribution in [0.5, 0.6) is 0 Å². The number of hydrogen-bond donors (Lipinski definition) is 5. The van der Waals surface area contributed by atoms with Gasteiger partial charge in [0.1, 0.15) is 0 Å². The zero-order valence-corrected chi connectivity index (χ0v) is 43.6. The number of aliphatic hydroxyl groups is 2. The van der Waals surface area contributed by atoms with E-state index in [0.29, 0.717) is 47.4 Å². The van der Waals surface area contributed by atoms with Gasteiger partial charge in [0.25, 0.3) is 10.1 Å². The number of sulfonamides is 2. The molecule has 0 radical (unpaired) electrons. The van der Waals surface area contributed by atoms with E-state index in [0.717, 1.165) is 69.3 Å². The molecule has 2 aliphatic heterocycles. The molecule has 4 aliphatic carbocycles. The standard InChI is InChI=1S/C22H34N2O3S.C15H21BrO4S.C13H18N2O2S/c1-22(17-9-6-10-18(13-17)23-28(2,26)27)19-14-24(15-20(19)22)12-11-21(25)16-7-4-3-5-8-16;16-13-6-8-14(9-7-13)21(18,19)20-11-10-15(17)12-4-2-1-3-5-12;1-13(11-7-14-8-12(11)13)9-4-3-5-10(6-9)15-18(2,16)17/h6,9-10,13,16,19-21,23,25H,3-5,7-8,11-12,14-15H2,1-2H3;6-9,12,15,17H,1-5,10-11H2;3-6,11-12,14-15H,7-8H2,1-2H3. The number of benzene rings is 3. The normalized spacial score (nSPS) is 28.4. The summed E-state index contributed by atoms with van der Waals surface area (Å²) in [5.74, 6) is 3.47. The summed E-state index contributed by atoms with van der Waals surface area (Å²) < 4.78 is 80.5. The molecule has 3 aromatic rings. The number of aliphatic hydroxyl groups excluding tert-OH is 2. The summed E-state index contributed by atoms with van der Waals surface area (Å²) in [6.45, 7) is 9.94. The van der Waals surface area contributed by atoms with E-state index in [-0.39, 0.29) is 34.4 Å². The van der Waals surface area contributed by atoms with Crippen molar-refractivity contribution in [2.45, 2.75) is 119 Å². The maximum absolute atomic E-state index is 12.0. The Morgan fingerprint density at radius 2 is 1.12 bits per heavy atom. The van der Waals surface area contributed by atoms with Crippen molar-refractivity contribution in [3.8, 4) is 0 Å². The van der Waals surface area contributed by atoms with Crippen LogP contribution in [-0.2, 0) is 45.2 Å². The Morgan fingerprint density at radius 1 is 0.672 bits per heavy atom. The highest BCUT2D eigenvalue weighted by molar-refractivity contribution is 9.10. The largest absolute Gasteiger partial charge is 0.393 e. The van der Waals surface area contributed by atoms with E-state index in [1.807, 2.05) is 30.3 Å². The Labute approximate surface area is 409 Å². The second-order valence-corrected chi connectivity index (χ2v) is 26.6. The van der Waals surface area contributed by atoms with E-state index in [1.165, 1.54) is 74.3 Å². The number of rotatable bonds is 16. The number of fused-ring (bicyclic) bond motifs is 2. The number of halogens is 1. The summed E-state index contributed by atoms with van der Waals surface area (Å²) in [7, 11) is -10.2. The summed E-state index contributed by atoms with van der Waals surface area (Å²) in [6, 6.07) is 22.0. The molecule has 17 heteroatoms. The number of hydrogen-bond acceptors (Lipinski definition) is 11. The van der Waals surface area contributed by atoms with Gasteiger partial charge in [-0.25, -0.2) is 16.8 Å². The zero-order valence-electron chi connectivity index (χ0n) is 39.6. The quantitative estimate of drug-likeness (QED) is 0.0878. The molecule has 67 heavy (non-hydrogen) atoms. The van der Waals surface area contributed by atoms with Crippen LogP contribution in [0.25, 0.3) is 0 Å². The highest BCUT2D eigenvalue weighted by Crippen LogP contribution is 2.64. The fraction of sp³-hybridized carbons (Fsp3) is 0.640. The maximum Gasteiger partial charge on any atom is 0.296 e. The summed E-state index contributed by atoms with van der Waals surface area (Å²) in [4.78, 5) is 2.65. The Morgan fingerprint density at radius 3 is 1.58 bits per heavy atom. The molecule has 2 heterocycles. The first-order valence-corrected chi connectivity index (χ1v) is 30.3. The van der Waals surface area contributed by atoms with E-state index in [2.05, 4.69) is 61.6 Å². The highest BCUT2D eigenvalue weighted by Gasteiger charge is 2.65. The number of piperidine rings is 2. The van der Waals surface area contributed by atoms with Gasteiger partial charge in [-0.2, -0.15) is 8.42 Å². The molecule has 0 aromatic heterocycles. The number of nitrogens with zero attached hydrogens (tertiary/aromatic N) is 1. The first kappa shape index (κ1) is 52.2. The smallest absolute Gasteiger partial charge is 0.296 e. The molecule has 3 aromatic carbocycles. The monoisotopic (exact) mass is 1050 g/mol. The average molecular weight is 1050 g/mol. The molecule has 0 amide bonds. The lowest BCUT2D eigenvalue weighted by atomic mass is 9.84. The molecule has 4 saturated carbocycles. The molecule has 6 aliphatic rings. The van der Waals surface area contributed by atoms with Crippen molar-refractivity contribution < 1.29 is 39.6 Å². The van der Waals surface area contributed by atoms with Gasteiger partial charge in [0.2, 0.25) is 20.0 Å². The van der Waals surface area contributed by atoms with Gasteiger partial charge >= 0.3 is 0 Å². The lowest BCUT2D eigenvalue weighted by Crippen LogP contribution is -2.33. The van der Waals surface area contributed by atoms with Crippen LogP contribution < -0.4 is 14.8 Å². The molecule has 6 atom stereocenters. The van der Waals surface area contributed by atoms with Gasteiger partial charge in [-0.1, -0.05) is 92.6 Å². The molecular formula is C50H73BrN4O9S3. The summed E-state index contributed by atoms with van der Waals surface area (Å²) in [5.41, 5.74) is 4.16. The SMILES string of the molecule is CC1(c2cccc(NS(C)(=O)=O)c2)C2CN(CCC(O)C3CCCCC3)CC21.CC1(c2cccc(NS(C)(=O)=O)c2)C2CNCC21.O=S(=O)(OCCC(O)C1CCCCC1)c1ccc(Br)cc1. The summed E-state index contributed by atoms with van der Waals surface area (Å²) in [6.07, 6.45) is 14.9. The third kappa shape index (κ3) is 13.4. The van der Waals surface area contributed by atoms with E-state index in [9.17, 15) is 35.5 Å². The lowest BCUT2D eigenvalue weighted by molar-refractivity contribution is 0.0649. The second-order valence-electron chi connectivity index (χ2n) is 20.6. The van der Waals surface area contributed by atoms with Crippen LogP contribution in [0.3, 0.4) is 0 Å². The predicted molar refractivity (Wildman–Crippen MR) is 269 cm³/mol. The van der Waals surface area contributed by atoms with E-state index in [4.69, 9.17) is 4.18 Å². The van der Waals surface area contributed by atoms with Crippen molar-refractivity contribution in [2.75, 3.05) is 61.3 Å². The summed E-state index contributed by atoms with van der Waals surface area (Å²) in [5, 5.41) is 24.0. The number of nitrogens with one attached hydrogen (secondary N) is 3. The second kappa shape index (κ2) is 21.8. The van der Waals surface area contributed by atoms with Crippen LogP contribution in [0.4, 0.5) is 11.4 Å². The first-order valence-electron chi connectivity index (χ1n) is 24.3. The van der Waals surface area contributed by atoms with E-state index in [1.54, 1.807) is 18.2 Å². The van der Waals surface area contributed by atoms with Crippen LogP contribution in [0, 0.1) is 35.5 Å². The Hall–Kier alpha value is -2.61. The fourth-order valence-electron chi connectivity index (χ4n) is 11.8. The molecule has 5 N–H and O–H groups in total. The maximum atomic E-state index is 12.0. The van der Waals surface area contributed by atoms with Crippen LogP contribution >= 0.6 is 15.9 Å². The van der Waals surface area contributed by atoms with Gasteiger partial charge in [0.05, 0.1) is 36.2 Å². The molecule has 2 saturated heterocycles. The minimum absolute atomic E-state index is 0.0239. The van der Waals surface area contributed by atoms with E-state index < -0.39 is 36.3 Å². The minimum Gasteiger partial charge on any atom is -0.393 e. The van der Waals surface area contributed by atoms with Crippen LogP contribution in [0.15, 0.2) is 82.2 Å². The van der Waals surface area contributed by atoms with Crippen molar-refractivity contribution in [2.24, 2.45) is 35.5 Å². The fourth-order valence-corrected chi connectivity index (χ4v) is 14.1. The lowest BCUT2D eigenvalue weighted by Gasteiger charge is -2.29. The van der Waals surface area contributed by atoms with Gasteiger partial charge in [0.15, 0.2) is 0 Å². The third-order valence-corrected chi connectivity index (χ3v) is 19.0. The molecule has 0 bridgehead atoms. The molecule has 0 spiro atoms. The molecule has 6 fully saturated rings. The molecule has 6 unspecified atom stereocenters. The Kier molecular flexibility index (Phi) is 17.0. The van der Waals surface area contributed by atoms with Crippen molar-refractivity contribution in [1.82, 2.24) is 10.2 Å². The van der Waals surface area contributed by atoms with Gasteiger partial charge in [0, 0.05) is 46.3 Å². The average Bonchev–Trinajstić information content (AvgIpc) is 3.73. The number of likely N-dealkylation sites (tertiary alicyclic amines) is 1. The summed E-state index contributed by atoms with van der Waals surface area (Å²) >= 11 is 3.26. The van der Waals surface area contributed by atoms with Gasteiger partial charge in [-0.3, -0.25) is 13.6 Å². The molecule has 13 nitrogen and oxygen atoms in total. The Balaban J connectivity index is 0.000000153. The van der Waals surface area contributed by atoms with E-state index >= 15 is 0 Å².